The predicted molar refractivity (Wildman–Crippen MR) is 99.5 cm³/mol. The Balaban J connectivity index is 2.21. The van der Waals surface area contributed by atoms with Crippen molar-refractivity contribution in [3.05, 3.63) is 45.0 Å². The van der Waals surface area contributed by atoms with E-state index >= 15 is 0 Å². The van der Waals surface area contributed by atoms with E-state index in [0.717, 1.165) is 22.6 Å². The van der Waals surface area contributed by atoms with Gasteiger partial charge >= 0.3 is 0 Å². The molecule has 0 unspecified atom stereocenters. The molecule has 24 heavy (non-hydrogen) atoms. The van der Waals surface area contributed by atoms with Crippen LogP contribution in [0.15, 0.2) is 39.3 Å². The van der Waals surface area contributed by atoms with Gasteiger partial charge in [-0.15, -0.1) is 0 Å². The lowest BCUT2D eigenvalue weighted by Gasteiger charge is -2.10. The number of H-pyrrole nitrogens is 1. The van der Waals surface area contributed by atoms with E-state index in [1.165, 1.54) is 0 Å². The fraction of sp³-hybridized carbons (Fsp3) is 0.118. The summed E-state index contributed by atoms with van der Waals surface area (Å²) in [4.78, 5) is 0. The van der Waals surface area contributed by atoms with E-state index in [1.54, 1.807) is 13.2 Å². The lowest BCUT2D eigenvalue weighted by atomic mass is 9.98. The number of halogens is 2. The van der Waals surface area contributed by atoms with Crippen LogP contribution in [0, 0.1) is 6.92 Å². The monoisotopic (exact) mass is 452 g/mol. The van der Waals surface area contributed by atoms with Crippen molar-refractivity contribution in [1.82, 2.24) is 10.2 Å². The quantitative estimate of drug-likeness (QED) is 0.521. The van der Waals surface area contributed by atoms with Crippen molar-refractivity contribution < 1.29 is 14.9 Å². The number of methoxy groups -OCH3 is 1. The number of aromatic nitrogens is 2. The second-order valence-electron chi connectivity index (χ2n) is 5.22. The summed E-state index contributed by atoms with van der Waals surface area (Å²) in [6, 6.07) is 9.24. The normalized spacial score (nSPS) is 10.8. The van der Waals surface area contributed by atoms with Gasteiger partial charge in [-0.1, -0.05) is 12.1 Å². The number of benzene rings is 2. The summed E-state index contributed by atoms with van der Waals surface area (Å²) >= 11 is 6.49. The minimum absolute atomic E-state index is 0.0606. The van der Waals surface area contributed by atoms with Crippen LogP contribution in [0.5, 0.6) is 17.2 Å². The molecule has 0 saturated carbocycles. The summed E-state index contributed by atoms with van der Waals surface area (Å²) < 4.78 is 5.87. The number of phenolic OH excluding ortho intramolecular Hbond substituents is 2. The number of aryl methyl sites for hydroxylation is 1. The predicted octanol–water partition coefficient (Wildman–Crippen LogP) is 5.00. The molecule has 7 heteroatoms. The number of rotatable bonds is 3. The Kier molecular flexibility index (Phi) is 4.56. The molecule has 3 rings (SSSR count). The number of phenols is 2. The summed E-state index contributed by atoms with van der Waals surface area (Å²) in [5.41, 5.74) is 3.78. The Morgan fingerprint density at radius 1 is 1.08 bits per heavy atom. The maximum absolute atomic E-state index is 10.4. The average molecular weight is 454 g/mol. The zero-order valence-electron chi connectivity index (χ0n) is 12.9. The molecule has 124 valence electrons. The van der Waals surface area contributed by atoms with Gasteiger partial charge in [-0.25, -0.2) is 0 Å². The van der Waals surface area contributed by atoms with E-state index in [9.17, 15) is 10.2 Å². The fourth-order valence-corrected chi connectivity index (χ4v) is 3.63. The molecule has 3 N–H and O–H groups in total. The molecule has 2 aromatic carbocycles. The summed E-state index contributed by atoms with van der Waals surface area (Å²) in [5, 5.41) is 27.6. The molecule has 5 nitrogen and oxygen atoms in total. The molecule has 1 aromatic heterocycles. The Morgan fingerprint density at radius 3 is 2.38 bits per heavy atom. The molecule has 0 radical (unpaired) electrons. The first-order chi connectivity index (χ1) is 11.4. The van der Waals surface area contributed by atoms with Gasteiger partial charge in [-0.05, 0) is 62.5 Å². The van der Waals surface area contributed by atoms with Gasteiger partial charge in [-0.2, -0.15) is 5.10 Å². The van der Waals surface area contributed by atoms with Crippen LogP contribution in [0.3, 0.4) is 0 Å². The number of nitrogens with zero attached hydrogens (tertiary/aromatic N) is 1. The van der Waals surface area contributed by atoms with Crippen LogP contribution < -0.4 is 4.74 Å². The topological polar surface area (TPSA) is 78.4 Å². The molecule has 0 amide bonds. The number of ether oxygens (including phenoxy) is 1. The highest BCUT2D eigenvalue weighted by Crippen LogP contribution is 2.47. The van der Waals surface area contributed by atoms with Gasteiger partial charge in [-0.3, -0.25) is 5.10 Å². The largest absolute Gasteiger partial charge is 0.506 e. The third-order valence-corrected chi connectivity index (χ3v) is 5.10. The summed E-state index contributed by atoms with van der Waals surface area (Å²) in [5.74, 6) is 0.630. The molecular formula is C17H14Br2N2O3. The summed E-state index contributed by atoms with van der Waals surface area (Å²) in [7, 11) is 1.62. The van der Waals surface area contributed by atoms with Crippen LogP contribution in [0.25, 0.3) is 22.4 Å². The Bertz CT molecular complexity index is 905. The number of hydrogen-bond acceptors (Lipinski definition) is 4. The molecule has 0 bridgehead atoms. The molecule has 1 heterocycles. The van der Waals surface area contributed by atoms with Crippen molar-refractivity contribution in [3.8, 4) is 39.6 Å². The van der Waals surface area contributed by atoms with Crippen LogP contribution >= 0.6 is 31.9 Å². The second kappa shape index (κ2) is 6.49. The molecule has 0 aliphatic heterocycles. The molecule has 0 spiro atoms. The molecule has 0 fully saturated rings. The SMILES string of the molecule is COc1ccc(-c2c(-c3cc(Br)c(O)c(Br)c3O)n[nH]c2C)cc1. The first-order valence-electron chi connectivity index (χ1n) is 7.03. The zero-order chi connectivity index (χ0) is 17.4. The highest BCUT2D eigenvalue weighted by Gasteiger charge is 2.21. The standard InChI is InChI=1S/C17H14Br2N2O3/c1-8-13(9-3-5-10(24-2)6-4-9)15(21-20-8)11-7-12(18)17(23)14(19)16(11)22/h3-7,22-23H,1-2H3,(H,20,21). The van der Waals surface area contributed by atoms with Gasteiger partial charge in [0.25, 0.3) is 0 Å². The van der Waals surface area contributed by atoms with Crippen molar-refractivity contribution in [2.45, 2.75) is 6.92 Å². The van der Waals surface area contributed by atoms with Gasteiger partial charge in [0.15, 0.2) is 0 Å². The minimum Gasteiger partial charge on any atom is -0.506 e. The van der Waals surface area contributed by atoms with Crippen molar-refractivity contribution >= 4 is 31.9 Å². The smallest absolute Gasteiger partial charge is 0.147 e. The highest BCUT2D eigenvalue weighted by atomic mass is 79.9. The lowest BCUT2D eigenvalue weighted by molar-refractivity contribution is 0.415. The van der Waals surface area contributed by atoms with Crippen molar-refractivity contribution in [2.75, 3.05) is 7.11 Å². The van der Waals surface area contributed by atoms with Gasteiger partial charge in [0.2, 0.25) is 0 Å². The second-order valence-corrected chi connectivity index (χ2v) is 6.87. The van der Waals surface area contributed by atoms with E-state index in [4.69, 9.17) is 4.74 Å². The van der Waals surface area contributed by atoms with E-state index < -0.39 is 0 Å². The number of aromatic amines is 1. The van der Waals surface area contributed by atoms with Gasteiger partial charge in [0.1, 0.15) is 27.4 Å². The summed E-state index contributed by atoms with van der Waals surface area (Å²) in [6.45, 7) is 1.91. The van der Waals surface area contributed by atoms with Crippen LogP contribution in [0.2, 0.25) is 0 Å². The van der Waals surface area contributed by atoms with Crippen molar-refractivity contribution in [1.29, 1.82) is 0 Å². The first-order valence-corrected chi connectivity index (χ1v) is 8.62. The third kappa shape index (κ3) is 2.78. The van der Waals surface area contributed by atoms with Crippen LogP contribution in [0.4, 0.5) is 0 Å². The number of aromatic hydroxyl groups is 2. The van der Waals surface area contributed by atoms with Crippen LogP contribution in [0.1, 0.15) is 5.69 Å². The van der Waals surface area contributed by atoms with Gasteiger partial charge < -0.3 is 14.9 Å². The Morgan fingerprint density at radius 2 is 1.75 bits per heavy atom. The fourth-order valence-electron chi connectivity index (χ4n) is 2.51. The molecule has 3 aromatic rings. The Labute approximate surface area is 155 Å². The van der Waals surface area contributed by atoms with Crippen molar-refractivity contribution in [2.24, 2.45) is 0 Å². The van der Waals surface area contributed by atoms with Crippen LogP contribution in [-0.2, 0) is 0 Å². The van der Waals surface area contributed by atoms with E-state index in [-0.39, 0.29) is 16.0 Å². The van der Waals surface area contributed by atoms with E-state index in [0.29, 0.717) is 15.7 Å². The summed E-state index contributed by atoms with van der Waals surface area (Å²) in [6.07, 6.45) is 0. The zero-order valence-corrected chi connectivity index (χ0v) is 16.1. The maximum atomic E-state index is 10.4. The number of hydrogen-bond donors (Lipinski definition) is 3. The maximum Gasteiger partial charge on any atom is 0.147 e. The molecular weight excluding hydrogens is 440 g/mol. The average Bonchev–Trinajstić information content (AvgIpc) is 2.97. The molecule has 0 atom stereocenters. The first kappa shape index (κ1) is 16.9. The van der Waals surface area contributed by atoms with E-state index in [1.807, 2.05) is 31.2 Å². The number of nitrogens with one attached hydrogen (secondary N) is 1. The molecule has 0 saturated heterocycles. The van der Waals surface area contributed by atoms with Gasteiger partial charge in [0.05, 0.1) is 11.6 Å². The third-order valence-electron chi connectivity index (χ3n) is 3.75. The minimum atomic E-state index is -0.0723. The van der Waals surface area contributed by atoms with Crippen molar-refractivity contribution in [3.63, 3.8) is 0 Å². The lowest BCUT2D eigenvalue weighted by Crippen LogP contribution is -1.88. The molecule has 0 aliphatic rings. The van der Waals surface area contributed by atoms with E-state index in [2.05, 4.69) is 42.1 Å². The van der Waals surface area contributed by atoms with Gasteiger partial charge in [0, 0.05) is 16.8 Å². The highest BCUT2D eigenvalue weighted by molar-refractivity contribution is 9.11. The molecule has 0 aliphatic carbocycles. The van der Waals surface area contributed by atoms with Crippen LogP contribution in [-0.4, -0.2) is 27.5 Å². The Hall–Kier alpha value is -1.99.